The van der Waals surface area contributed by atoms with Gasteiger partial charge in [-0.1, -0.05) is 68.8 Å². The highest BCUT2D eigenvalue weighted by Crippen LogP contribution is 2.18. The summed E-state index contributed by atoms with van der Waals surface area (Å²) in [6.45, 7) is 9.08. The van der Waals surface area contributed by atoms with E-state index < -0.39 is 6.04 Å². The van der Waals surface area contributed by atoms with Crippen molar-refractivity contribution in [2.75, 3.05) is 6.54 Å². The van der Waals surface area contributed by atoms with E-state index in [1.54, 1.807) is 17.0 Å². The van der Waals surface area contributed by atoms with Crippen LogP contribution in [0.15, 0.2) is 48.5 Å². The van der Waals surface area contributed by atoms with Crippen molar-refractivity contribution in [1.82, 2.24) is 10.2 Å². The lowest BCUT2D eigenvalue weighted by Gasteiger charge is -2.31. The predicted molar refractivity (Wildman–Crippen MR) is 119 cm³/mol. The fraction of sp³-hybridized carbons (Fsp3) is 0.417. The summed E-state index contributed by atoms with van der Waals surface area (Å²) >= 11 is 5.96. The summed E-state index contributed by atoms with van der Waals surface area (Å²) in [7, 11) is 0. The third-order valence-electron chi connectivity index (χ3n) is 4.94. The summed E-state index contributed by atoms with van der Waals surface area (Å²) in [5.74, 6) is 0.187. The molecule has 0 radical (unpaired) electrons. The van der Waals surface area contributed by atoms with Crippen LogP contribution >= 0.6 is 11.6 Å². The molecule has 0 heterocycles. The molecule has 0 unspecified atom stereocenters. The molecule has 156 valence electrons. The van der Waals surface area contributed by atoms with E-state index in [4.69, 9.17) is 11.6 Å². The fourth-order valence-corrected chi connectivity index (χ4v) is 3.32. The van der Waals surface area contributed by atoms with Gasteiger partial charge >= 0.3 is 0 Å². The lowest BCUT2D eigenvalue weighted by molar-refractivity contribution is -0.141. The number of nitrogens with one attached hydrogen (secondary N) is 1. The Morgan fingerprint density at radius 1 is 1.07 bits per heavy atom. The van der Waals surface area contributed by atoms with Crippen LogP contribution < -0.4 is 5.32 Å². The number of amides is 2. The Morgan fingerprint density at radius 3 is 2.31 bits per heavy atom. The smallest absolute Gasteiger partial charge is 0.242 e. The average Bonchev–Trinajstić information content (AvgIpc) is 2.69. The van der Waals surface area contributed by atoms with Crippen LogP contribution in [-0.4, -0.2) is 29.3 Å². The zero-order chi connectivity index (χ0) is 21.4. The first-order valence-electron chi connectivity index (χ1n) is 10.2. The molecule has 0 aliphatic rings. The summed E-state index contributed by atoms with van der Waals surface area (Å²) in [5, 5.41) is 3.63. The van der Waals surface area contributed by atoms with Crippen molar-refractivity contribution in [3.8, 4) is 0 Å². The standard InChI is InChI=1S/C24H31ClN2O2/c1-5-22(24(29)26-15-17(2)3)27(16-20-9-7-6-8-18(20)4)23(28)14-19-10-12-21(25)13-11-19/h6-13,17,22H,5,14-16H2,1-4H3,(H,26,29)/t22-/m1/s1. The van der Waals surface area contributed by atoms with Crippen LogP contribution in [0.2, 0.25) is 5.02 Å². The molecule has 1 N–H and O–H groups in total. The molecule has 0 aromatic heterocycles. The topological polar surface area (TPSA) is 49.4 Å². The molecule has 29 heavy (non-hydrogen) atoms. The predicted octanol–water partition coefficient (Wildman–Crippen LogP) is 4.77. The molecule has 2 aromatic carbocycles. The van der Waals surface area contributed by atoms with Crippen LogP contribution in [0, 0.1) is 12.8 Å². The number of nitrogens with zero attached hydrogens (tertiary/aromatic N) is 1. The maximum Gasteiger partial charge on any atom is 0.242 e. The molecule has 0 saturated heterocycles. The van der Waals surface area contributed by atoms with Gasteiger partial charge in [0.25, 0.3) is 0 Å². The number of hydrogen-bond donors (Lipinski definition) is 1. The van der Waals surface area contributed by atoms with Crippen LogP contribution in [0.3, 0.4) is 0 Å². The second-order valence-electron chi connectivity index (χ2n) is 7.81. The fourth-order valence-electron chi connectivity index (χ4n) is 3.19. The minimum Gasteiger partial charge on any atom is -0.354 e. The monoisotopic (exact) mass is 414 g/mol. The van der Waals surface area contributed by atoms with E-state index in [0.29, 0.717) is 30.5 Å². The molecular weight excluding hydrogens is 384 g/mol. The first kappa shape index (κ1) is 23.0. The second kappa shape index (κ2) is 11.0. The highest BCUT2D eigenvalue weighted by atomic mass is 35.5. The van der Waals surface area contributed by atoms with Crippen molar-refractivity contribution in [3.63, 3.8) is 0 Å². The van der Waals surface area contributed by atoms with Gasteiger partial charge < -0.3 is 10.2 Å². The molecule has 0 spiro atoms. The number of carbonyl (C=O) groups is 2. The Labute approximate surface area is 179 Å². The van der Waals surface area contributed by atoms with Crippen LogP contribution in [0.4, 0.5) is 0 Å². The minimum atomic E-state index is -0.506. The molecule has 0 bridgehead atoms. The molecule has 1 atom stereocenters. The van der Waals surface area contributed by atoms with Crippen LogP contribution in [0.5, 0.6) is 0 Å². The van der Waals surface area contributed by atoms with Crippen LogP contribution in [0.25, 0.3) is 0 Å². The lowest BCUT2D eigenvalue weighted by atomic mass is 10.0. The Hall–Kier alpha value is -2.33. The van der Waals surface area contributed by atoms with Crippen LogP contribution in [-0.2, 0) is 22.6 Å². The zero-order valence-corrected chi connectivity index (χ0v) is 18.5. The van der Waals surface area contributed by atoms with Gasteiger partial charge in [0.15, 0.2) is 0 Å². The van der Waals surface area contributed by atoms with Gasteiger partial charge in [0.2, 0.25) is 11.8 Å². The molecule has 5 heteroatoms. The molecule has 0 fully saturated rings. The van der Waals surface area contributed by atoms with Gasteiger partial charge in [-0.3, -0.25) is 9.59 Å². The maximum atomic E-state index is 13.3. The first-order chi connectivity index (χ1) is 13.8. The number of aryl methyl sites for hydroxylation is 1. The number of halogens is 1. The van der Waals surface area contributed by atoms with Crippen molar-refractivity contribution in [1.29, 1.82) is 0 Å². The van der Waals surface area contributed by atoms with E-state index >= 15 is 0 Å². The summed E-state index contributed by atoms with van der Waals surface area (Å²) in [6, 6.07) is 14.7. The summed E-state index contributed by atoms with van der Waals surface area (Å²) in [6.07, 6.45) is 0.791. The van der Waals surface area contributed by atoms with Gasteiger partial charge in [0.05, 0.1) is 6.42 Å². The average molecular weight is 415 g/mol. The van der Waals surface area contributed by atoms with Crippen molar-refractivity contribution >= 4 is 23.4 Å². The maximum absolute atomic E-state index is 13.3. The van der Waals surface area contributed by atoms with E-state index in [1.165, 1.54) is 0 Å². The van der Waals surface area contributed by atoms with E-state index in [0.717, 1.165) is 16.7 Å². The molecule has 0 aliphatic heterocycles. The zero-order valence-electron chi connectivity index (χ0n) is 17.7. The minimum absolute atomic E-state index is 0.0675. The third kappa shape index (κ3) is 6.90. The Balaban J connectivity index is 2.27. The van der Waals surface area contributed by atoms with Gasteiger partial charge in [-0.25, -0.2) is 0 Å². The first-order valence-corrected chi connectivity index (χ1v) is 10.6. The van der Waals surface area contributed by atoms with Crippen molar-refractivity contribution < 1.29 is 9.59 Å². The van der Waals surface area contributed by atoms with Gasteiger partial charge in [0, 0.05) is 18.1 Å². The molecule has 0 saturated carbocycles. The largest absolute Gasteiger partial charge is 0.354 e. The van der Waals surface area contributed by atoms with Gasteiger partial charge in [-0.2, -0.15) is 0 Å². The summed E-state index contributed by atoms with van der Waals surface area (Å²) in [5.41, 5.74) is 3.04. The van der Waals surface area contributed by atoms with E-state index in [9.17, 15) is 9.59 Å². The quantitative estimate of drug-likeness (QED) is 0.642. The summed E-state index contributed by atoms with van der Waals surface area (Å²) in [4.78, 5) is 27.9. The third-order valence-corrected chi connectivity index (χ3v) is 5.19. The Morgan fingerprint density at radius 2 is 1.72 bits per heavy atom. The molecule has 4 nitrogen and oxygen atoms in total. The van der Waals surface area contributed by atoms with Crippen LogP contribution in [0.1, 0.15) is 43.9 Å². The highest BCUT2D eigenvalue weighted by Gasteiger charge is 2.28. The van der Waals surface area contributed by atoms with Gasteiger partial charge in [-0.05, 0) is 48.1 Å². The highest BCUT2D eigenvalue weighted by molar-refractivity contribution is 6.30. The SMILES string of the molecule is CC[C@H](C(=O)NCC(C)C)N(Cc1ccccc1C)C(=O)Cc1ccc(Cl)cc1. The molecule has 2 aromatic rings. The second-order valence-corrected chi connectivity index (χ2v) is 8.25. The van der Waals surface area contributed by atoms with Crippen molar-refractivity contribution in [3.05, 3.63) is 70.2 Å². The number of rotatable bonds is 9. The lowest BCUT2D eigenvalue weighted by Crippen LogP contribution is -2.50. The molecule has 2 rings (SSSR count). The number of hydrogen-bond acceptors (Lipinski definition) is 2. The van der Waals surface area contributed by atoms with Crippen molar-refractivity contribution in [2.24, 2.45) is 5.92 Å². The number of benzene rings is 2. The van der Waals surface area contributed by atoms with Gasteiger partial charge in [-0.15, -0.1) is 0 Å². The van der Waals surface area contributed by atoms with Gasteiger partial charge in [0.1, 0.15) is 6.04 Å². The molecule has 2 amide bonds. The normalized spacial score (nSPS) is 11.9. The Bertz CT molecular complexity index is 818. The summed E-state index contributed by atoms with van der Waals surface area (Å²) < 4.78 is 0. The van der Waals surface area contributed by atoms with E-state index in [1.807, 2.05) is 50.2 Å². The van der Waals surface area contributed by atoms with Crippen molar-refractivity contribution in [2.45, 2.75) is 53.1 Å². The number of carbonyl (C=O) groups excluding carboxylic acids is 2. The Kier molecular flexibility index (Phi) is 8.71. The van der Waals surface area contributed by atoms with E-state index in [-0.39, 0.29) is 18.2 Å². The molecule has 0 aliphatic carbocycles. The molecular formula is C24H31ClN2O2. The van der Waals surface area contributed by atoms with E-state index in [2.05, 4.69) is 19.2 Å².